The second kappa shape index (κ2) is 6.45. The van der Waals surface area contributed by atoms with E-state index in [1.54, 1.807) is 7.11 Å². The third-order valence-corrected chi connectivity index (χ3v) is 2.90. The summed E-state index contributed by atoms with van der Waals surface area (Å²) in [6, 6.07) is 8.28. The van der Waals surface area contributed by atoms with Crippen molar-refractivity contribution in [2.45, 2.75) is 13.8 Å². The first-order chi connectivity index (χ1) is 8.08. The van der Waals surface area contributed by atoms with Crippen LogP contribution in [-0.2, 0) is 0 Å². The van der Waals surface area contributed by atoms with Crippen LogP contribution in [0.2, 0.25) is 0 Å². The fourth-order valence-electron chi connectivity index (χ4n) is 2.17. The molecule has 0 aliphatic carbocycles. The highest BCUT2D eigenvalue weighted by Crippen LogP contribution is 2.25. The van der Waals surface area contributed by atoms with Crippen LogP contribution in [0.15, 0.2) is 30.3 Å². The summed E-state index contributed by atoms with van der Waals surface area (Å²) in [5, 5.41) is 0. The van der Waals surface area contributed by atoms with E-state index in [4.69, 9.17) is 4.74 Å². The smallest absolute Gasteiger partial charge is 0.118 e. The zero-order chi connectivity index (χ0) is 12.8. The zero-order valence-electron chi connectivity index (χ0n) is 11.5. The van der Waals surface area contributed by atoms with Gasteiger partial charge < -0.3 is 9.64 Å². The summed E-state index contributed by atoms with van der Waals surface area (Å²) in [4.78, 5) is 2.22. The molecule has 0 bridgehead atoms. The lowest BCUT2D eigenvalue weighted by molar-refractivity contribution is 0.376. The molecule has 1 aromatic rings. The molecule has 2 heteroatoms. The Kier molecular flexibility index (Phi) is 5.23. The molecule has 0 aliphatic rings. The van der Waals surface area contributed by atoms with E-state index in [-0.39, 0.29) is 0 Å². The van der Waals surface area contributed by atoms with Gasteiger partial charge in [0.15, 0.2) is 0 Å². The summed E-state index contributed by atoms with van der Waals surface area (Å²) in [6.45, 7) is 5.43. The minimum absolute atomic E-state index is 0.531. The molecule has 2 nitrogen and oxygen atoms in total. The Morgan fingerprint density at radius 3 is 2.29 bits per heavy atom. The van der Waals surface area contributed by atoms with E-state index < -0.39 is 0 Å². The summed E-state index contributed by atoms with van der Waals surface area (Å²) in [5.74, 6) is 1.44. The largest absolute Gasteiger partial charge is 0.497 e. The molecule has 94 valence electrons. The molecule has 0 saturated heterocycles. The van der Waals surface area contributed by atoms with Crippen molar-refractivity contribution in [1.82, 2.24) is 4.90 Å². The number of rotatable bonds is 5. The molecule has 0 radical (unpaired) electrons. The average molecular weight is 233 g/mol. The summed E-state index contributed by atoms with van der Waals surface area (Å²) in [5.41, 5.74) is 2.67. The van der Waals surface area contributed by atoms with Crippen LogP contribution in [0.1, 0.15) is 19.4 Å². The van der Waals surface area contributed by atoms with Gasteiger partial charge in [0.05, 0.1) is 7.11 Å². The first-order valence-corrected chi connectivity index (χ1v) is 6.03. The summed E-state index contributed by atoms with van der Waals surface area (Å²) in [7, 11) is 5.91. The number of hydrogen-bond donors (Lipinski definition) is 0. The van der Waals surface area contributed by atoms with Crippen LogP contribution in [0, 0.1) is 5.92 Å². The van der Waals surface area contributed by atoms with Gasteiger partial charge in [-0.05, 0) is 50.2 Å². The van der Waals surface area contributed by atoms with Crippen molar-refractivity contribution >= 4 is 5.57 Å². The lowest BCUT2D eigenvalue weighted by atomic mass is 9.93. The molecule has 1 atom stereocenters. The van der Waals surface area contributed by atoms with Crippen molar-refractivity contribution in [2.75, 3.05) is 27.7 Å². The third kappa shape index (κ3) is 3.90. The molecule has 0 heterocycles. The minimum atomic E-state index is 0.531. The quantitative estimate of drug-likeness (QED) is 0.773. The van der Waals surface area contributed by atoms with Crippen molar-refractivity contribution in [1.29, 1.82) is 0 Å². The van der Waals surface area contributed by atoms with E-state index >= 15 is 0 Å². The predicted octanol–water partition coefficient (Wildman–Crippen LogP) is 3.30. The standard InChI is InChI=1S/C15H23NO/c1-6-15(12(2)11-16(3)4)13-7-9-14(17-5)10-8-13/h6-10,12H,11H2,1-5H3. The highest BCUT2D eigenvalue weighted by atomic mass is 16.5. The minimum Gasteiger partial charge on any atom is -0.497 e. The van der Waals surface area contributed by atoms with E-state index in [1.807, 2.05) is 12.1 Å². The fourth-order valence-corrected chi connectivity index (χ4v) is 2.17. The van der Waals surface area contributed by atoms with Gasteiger partial charge in [-0.1, -0.05) is 25.1 Å². The molecule has 0 saturated carbocycles. The van der Waals surface area contributed by atoms with Gasteiger partial charge in [0, 0.05) is 6.54 Å². The number of ether oxygens (including phenoxy) is 1. The lowest BCUT2D eigenvalue weighted by Gasteiger charge is -2.20. The molecule has 17 heavy (non-hydrogen) atoms. The van der Waals surface area contributed by atoms with Gasteiger partial charge in [-0.2, -0.15) is 0 Å². The molecular formula is C15H23NO. The van der Waals surface area contributed by atoms with Gasteiger partial charge in [0.25, 0.3) is 0 Å². The van der Waals surface area contributed by atoms with Gasteiger partial charge in [0.2, 0.25) is 0 Å². The van der Waals surface area contributed by atoms with Crippen LogP contribution in [0.3, 0.4) is 0 Å². The molecule has 1 rings (SSSR count). The van der Waals surface area contributed by atoms with Crippen molar-refractivity contribution in [2.24, 2.45) is 5.92 Å². The van der Waals surface area contributed by atoms with Crippen LogP contribution in [-0.4, -0.2) is 32.6 Å². The first kappa shape index (κ1) is 13.8. The Balaban J connectivity index is 2.86. The maximum atomic E-state index is 5.18. The fraction of sp³-hybridized carbons (Fsp3) is 0.467. The highest BCUT2D eigenvalue weighted by molar-refractivity contribution is 5.67. The maximum Gasteiger partial charge on any atom is 0.118 e. The number of benzene rings is 1. The van der Waals surface area contributed by atoms with Crippen molar-refractivity contribution < 1.29 is 4.74 Å². The lowest BCUT2D eigenvalue weighted by Crippen LogP contribution is -2.20. The Morgan fingerprint density at radius 1 is 1.29 bits per heavy atom. The number of methoxy groups -OCH3 is 1. The van der Waals surface area contributed by atoms with Gasteiger partial charge >= 0.3 is 0 Å². The molecule has 1 unspecified atom stereocenters. The van der Waals surface area contributed by atoms with E-state index in [0.717, 1.165) is 12.3 Å². The van der Waals surface area contributed by atoms with Crippen molar-refractivity contribution in [3.63, 3.8) is 0 Å². The summed E-state index contributed by atoms with van der Waals surface area (Å²) >= 11 is 0. The van der Waals surface area contributed by atoms with Gasteiger partial charge in [-0.25, -0.2) is 0 Å². The summed E-state index contributed by atoms with van der Waals surface area (Å²) < 4.78 is 5.18. The molecule has 0 N–H and O–H groups in total. The van der Waals surface area contributed by atoms with Gasteiger partial charge in [-0.3, -0.25) is 0 Å². The Bertz CT molecular complexity index is 365. The Morgan fingerprint density at radius 2 is 1.88 bits per heavy atom. The van der Waals surface area contributed by atoms with Crippen LogP contribution < -0.4 is 4.74 Å². The predicted molar refractivity (Wildman–Crippen MR) is 74.4 cm³/mol. The number of hydrogen-bond acceptors (Lipinski definition) is 2. The van der Waals surface area contributed by atoms with E-state index in [0.29, 0.717) is 5.92 Å². The molecule has 0 amide bonds. The van der Waals surface area contributed by atoms with Crippen molar-refractivity contribution in [3.05, 3.63) is 35.9 Å². The molecule has 0 fully saturated rings. The Hall–Kier alpha value is -1.28. The van der Waals surface area contributed by atoms with Crippen LogP contribution in [0.5, 0.6) is 5.75 Å². The zero-order valence-corrected chi connectivity index (χ0v) is 11.5. The highest BCUT2D eigenvalue weighted by Gasteiger charge is 2.11. The second-order valence-electron chi connectivity index (χ2n) is 4.64. The van der Waals surface area contributed by atoms with E-state index in [2.05, 4.69) is 51.1 Å². The topological polar surface area (TPSA) is 12.5 Å². The first-order valence-electron chi connectivity index (χ1n) is 6.03. The van der Waals surface area contributed by atoms with Gasteiger partial charge in [0.1, 0.15) is 5.75 Å². The van der Waals surface area contributed by atoms with Crippen LogP contribution in [0.25, 0.3) is 5.57 Å². The SMILES string of the molecule is CC=C(c1ccc(OC)cc1)C(C)CN(C)C. The summed E-state index contributed by atoms with van der Waals surface area (Å²) in [6.07, 6.45) is 2.20. The molecule has 0 aliphatic heterocycles. The van der Waals surface area contributed by atoms with Gasteiger partial charge in [-0.15, -0.1) is 0 Å². The average Bonchev–Trinajstić information content (AvgIpc) is 2.30. The number of nitrogens with zero attached hydrogens (tertiary/aromatic N) is 1. The monoisotopic (exact) mass is 233 g/mol. The third-order valence-electron chi connectivity index (χ3n) is 2.90. The Labute approximate surface area is 105 Å². The van der Waals surface area contributed by atoms with Crippen molar-refractivity contribution in [3.8, 4) is 5.75 Å². The molecule has 0 spiro atoms. The molecule has 0 aromatic heterocycles. The van der Waals surface area contributed by atoms with E-state index in [9.17, 15) is 0 Å². The van der Waals surface area contributed by atoms with Crippen LogP contribution in [0.4, 0.5) is 0 Å². The van der Waals surface area contributed by atoms with Crippen LogP contribution >= 0.6 is 0 Å². The molecular weight excluding hydrogens is 210 g/mol. The van der Waals surface area contributed by atoms with E-state index in [1.165, 1.54) is 11.1 Å². The number of allylic oxidation sites excluding steroid dienone is 1. The normalized spacial score (nSPS) is 13.9. The molecule has 1 aromatic carbocycles. The maximum absolute atomic E-state index is 5.18. The second-order valence-corrected chi connectivity index (χ2v) is 4.64.